The Kier molecular flexibility index (Phi) is 5.08. The number of methoxy groups -OCH3 is 1. The summed E-state index contributed by atoms with van der Waals surface area (Å²) in [6, 6.07) is 8.99. The van der Waals surface area contributed by atoms with Crippen molar-refractivity contribution in [3.05, 3.63) is 47.7 Å². The molecule has 1 fully saturated rings. The van der Waals surface area contributed by atoms with Gasteiger partial charge in [0, 0.05) is 37.3 Å². The predicted molar refractivity (Wildman–Crippen MR) is 111 cm³/mol. The molecular weight excluding hydrogens is 371 g/mol. The van der Waals surface area contributed by atoms with Crippen LogP contribution in [0.15, 0.2) is 30.3 Å². The summed E-state index contributed by atoms with van der Waals surface area (Å²) in [5, 5.41) is 8.22. The first kappa shape index (κ1) is 19.2. The third-order valence-electron chi connectivity index (χ3n) is 5.58. The van der Waals surface area contributed by atoms with Crippen LogP contribution in [0.3, 0.4) is 0 Å². The first-order chi connectivity index (χ1) is 14.0. The molecule has 1 aliphatic heterocycles. The van der Waals surface area contributed by atoms with Crippen molar-refractivity contribution in [2.45, 2.75) is 25.7 Å². The van der Waals surface area contributed by atoms with Gasteiger partial charge in [0.1, 0.15) is 11.6 Å². The molecule has 1 saturated heterocycles. The largest absolute Gasteiger partial charge is 0.494 e. The molecule has 2 N–H and O–H groups in total. The average molecular weight is 396 g/mol. The standard InChI is InChI=1S/C21H25FN6O/c1-13-4-6-16(15-5-7-18(29-3)17(22)12-15)20(24-13)28-10-8-14(9-11-28)19-25-26-21(23)27(19)2/h4-7,12,14H,8-11H2,1-3H3,(H2,23,26). The van der Waals surface area contributed by atoms with Crippen molar-refractivity contribution in [2.24, 2.45) is 7.05 Å². The molecule has 0 aliphatic carbocycles. The second-order valence-electron chi connectivity index (χ2n) is 7.41. The number of nitrogens with two attached hydrogens (primary N) is 1. The lowest BCUT2D eigenvalue weighted by atomic mass is 9.95. The number of nitrogens with zero attached hydrogens (tertiary/aromatic N) is 5. The number of hydrogen-bond donors (Lipinski definition) is 1. The predicted octanol–water partition coefficient (Wildman–Crippen LogP) is 3.30. The van der Waals surface area contributed by atoms with Crippen LogP contribution >= 0.6 is 0 Å². The van der Waals surface area contributed by atoms with E-state index in [4.69, 9.17) is 15.5 Å². The smallest absolute Gasteiger partial charge is 0.221 e. The number of pyridine rings is 1. The van der Waals surface area contributed by atoms with Gasteiger partial charge in [-0.05, 0) is 49.6 Å². The number of ether oxygens (including phenoxy) is 1. The SMILES string of the molecule is COc1ccc(-c2ccc(C)nc2N2CCC(c3nnc(N)n3C)CC2)cc1F. The normalized spacial score (nSPS) is 15.0. The number of nitrogen functional groups attached to an aromatic ring is 1. The van der Waals surface area contributed by atoms with E-state index in [9.17, 15) is 4.39 Å². The zero-order valence-corrected chi connectivity index (χ0v) is 16.9. The highest BCUT2D eigenvalue weighted by Crippen LogP contribution is 2.35. The van der Waals surface area contributed by atoms with Crippen LogP contribution in [0.5, 0.6) is 5.75 Å². The van der Waals surface area contributed by atoms with E-state index in [2.05, 4.69) is 15.1 Å². The molecule has 1 aliphatic rings. The maximum atomic E-state index is 14.3. The summed E-state index contributed by atoms with van der Waals surface area (Å²) >= 11 is 0. The molecule has 2 aromatic heterocycles. The van der Waals surface area contributed by atoms with Crippen molar-refractivity contribution in [3.8, 4) is 16.9 Å². The minimum Gasteiger partial charge on any atom is -0.494 e. The molecule has 0 amide bonds. The van der Waals surface area contributed by atoms with Gasteiger partial charge in [-0.15, -0.1) is 10.2 Å². The van der Waals surface area contributed by atoms with Crippen LogP contribution in [0.2, 0.25) is 0 Å². The molecular formula is C21H25FN6O. The van der Waals surface area contributed by atoms with Gasteiger partial charge in [0.2, 0.25) is 5.95 Å². The van der Waals surface area contributed by atoms with Gasteiger partial charge in [0.15, 0.2) is 11.6 Å². The fraction of sp³-hybridized carbons (Fsp3) is 0.381. The molecule has 29 heavy (non-hydrogen) atoms. The van der Waals surface area contributed by atoms with Gasteiger partial charge in [-0.3, -0.25) is 0 Å². The molecule has 0 saturated carbocycles. The van der Waals surface area contributed by atoms with Crippen molar-refractivity contribution in [1.29, 1.82) is 0 Å². The zero-order chi connectivity index (χ0) is 20.5. The number of aryl methyl sites for hydroxylation is 1. The highest BCUT2D eigenvalue weighted by molar-refractivity contribution is 5.76. The molecule has 3 aromatic rings. The van der Waals surface area contributed by atoms with Crippen molar-refractivity contribution >= 4 is 11.8 Å². The summed E-state index contributed by atoms with van der Waals surface area (Å²) in [5.74, 6) is 2.41. The van der Waals surface area contributed by atoms with Crippen LogP contribution in [0.1, 0.15) is 30.3 Å². The van der Waals surface area contributed by atoms with Crippen LogP contribution in [0, 0.1) is 12.7 Å². The molecule has 0 unspecified atom stereocenters. The lowest BCUT2D eigenvalue weighted by Crippen LogP contribution is -2.34. The fourth-order valence-electron chi connectivity index (χ4n) is 3.90. The summed E-state index contributed by atoms with van der Waals surface area (Å²) in [4.78, 5) is 7.05. The van der Waals surface area contributed by atoms with Crippen molar-refractivity contribution in [2.75, 3.05) is 30.8 Å². The van der Waals surface area contributed by atoms with E-state index in [1.165, 1.54) is 13.2 Å². The van der Waals surface area contributed by atoms with Crippen molar-refractivity contribution in [1.82, 2.24) is 19.7 Å². The van der Waals surface area contributed by atoms with Gasteiger partial charge in [0.25, 0.3) is 0 Å². The molecule has 3 heterocycles. The van der Waals surface area contributed by atoms with Gasteiger partial charge >= 0.3 is 0 Å². The van der Waals surface area contributed by atoms with E-state index in [1.54, 1.807) is 6.07 Å². The average Bonchev–Trinajstić information content (AvgIpc) is 3.06. The molecule has 0 radical (unpaired) electrons. The van der Waals surface area contributed by atoms with Crippen LogP contribution in [0.25, 0.3) is 11.1 Å². The number of anilines is 2. The van der Waals surface area contributed by atoms with E-state index in [0.717, 1.165) is 54.4 Å². The summed E-state index contributed by atoms with van der Waals surface area (Å²) in [6.07, 6.45) is 1.86. The number of rotatable bonds is 4. The monoisotopic (exact) mass is 396 g/mol. The van der Waals surface area contributed by atoms with Crippen LogP contribution < -0.4 is 15.4 Å². The maximum Gasteiger partial charge on any atom is 0.221 e. The van der Waals surface area contributed by atoms with Crippen LogP contribution in [-0.2, 0) is 7.05 Å². The van der Waals surface area contributed by atoms with E-state index in [1.807, 2.05) is 36.7 Å². The summed E-state index contributed by atoms with van der Waals surface area (Å²) in [5.41, 5.74) is 8.46. The lowest BCUT2D eigenvalue weighted by Gasteiger charge is -2.33. The Balaban J connectivity index is 1.60. The van der Waals surface area contributed by atoms with Gasteiger partial charge < -0.3 is 19.9 Å². The molecule has 1 aromatic carbocycles. The van der Waals surface area contributed by atoms with E-state index in [-0.39, 0.29) is 11.6 Å². The third kappa shape index (κ3) is 3.62. The van der Waals surface area contributed by atoms with E-state index in [0.29, 0.717) is 11.9 Å². The van der Waals surface area contributed by atoms with Crippen LogP contribution in [0.4, 0.5) is 16.2 Å². The van der Waals surface area contributed by atoms with Gasteiger partial charge in [-0.1, -0.05) is 6.07 Å². The summed E-state index contributed by atoms with van der Waals surface area (Å²) < 4.78 is 21.2. The number of halogens is 1. The Hall–Kier alpha value is -3.16. The Labute approximate surface area is 169 Å². The van der Waals surface area contributed by atoms with Gasteiger partial charge in [0.05, 0.1) is 7.11 Å². The third-order valence-corrected chi connectivity index (χ3v) is 5.58. The Bertz CT molecular complexity index is 1030. The Morgan fingerprint density at radius 2 is 1.90 bits per heavy atom. The molecule has 152 valence electrons. The number of benzene rings is 1. The summed E-state index contributed by atoms with van der Waals surface area (Å²) in [7, 11) is 3.36. The number of hydrogen-bond acceptors (Lipinski definition) is 6. The molecule has 4 rings (SSSR count). The first-order valence-corrected chi connectivity index (χ1v) is 9.69. The lowest BCUT2D eigenvalue weighted by molar-refractivity contribution is 0.386. The highest BCUT2D eigenvalue weighted by Gasteiger charge is 2.27. The fourth-order valence-corrected chi connectivity index (χ4v) is 3.90. The highest BCUT2D eigenvalue weighted by atomic mass is 19.1. The molecule has 7 nitrogen and oxygen atoms in total. The van der Waals surface area contributed by atoms with Gasteiger partial charge in [-0.2, -0.15) is 0 Å². The quantitative estimate of drug-likeness (QED) is 0.729. The second-order valence-corrected chi connectivity index (χ2v) is 7.41. The van der Waals surface area contributed by atoms with Crippen molar-refractivity contribution in [3.63, 3.8) is 0 Å². The molecule has 0 atom stereocenters. The minimum atomic E-state index is -0.380. The Morgan fingerprint density at radius 3 is 2.52 bits per heavy atom. The second kappa shape index (κ2) is 7.69. The number of piperidine rings is 1. The first-order valence-electron chi connectivity index (χ1n) is 9.69. The maximum absolute atomic E-state index is 14.3. The van der Waals surface area contributed by atoms with E-state index >= 15 is 0 Å². The minimum absolute atomic E-state index is 0.235. The van der Waals surface area contributed by atoms with Crippen molar-refractivity contribution < 1.29 is 9.13 Å². The Morgan fingerprint density at radius 1 is 1.14 bits per heavy atom. The topological polar surface area (TPSA) is 82.1 Å². The van der Waals surface area contributed by atoms with Gasteiger partial charge in [-0.25, -0.2) is 9.37 Å². The molecule has 0 bridgehead atoms. The zero-order valence-electron chi connectivity index (χ0n) is 16.9. The molecule has 8 heteroatoms. The number of aromatic nitrogens is 4. The summed E-state index contributed by atoms with van der Waals surface area (Å²) in [6.45, 7) is 3.63. The molecule has 0 spiro atoms. The van der Waals surface area contributed by atoms with E-state index < -0.39 is 0 Å². The van der Waals surface area contributed by atoms with Crippen LogP contribution in [-0.4, -0.2) is 39.9 Å².